The third kappa shape index (κ3) is 8.26. The molecule has 0 amide bonds. The number of halogens is 1. The molecule has 0 spiro atoms. The molecule has 0 aliphatic rings. The number of hydrogen-bond acceptors (Lipinski definition) is 2. The van der Waals surface area contributed by atoms with Crippen LogP contribution >= 0.6 is 24.0 Å². The summed E-state index contributed by atoms with van der Waals surface area (Å²) in [6, 6.07) is 7.86. The molecule has 0 saturated carbocycles. The Morgan fingerprint density at radius 1 is 1.10 bits per heavy atom. The van der Waals surface area contributed by atoms with Crippen LogP contribution in [0.15, 0.2) is 29.3 Å². The van der Waals surface area contributed by atoms with Gasteiger partial charge in [0.2, 0.25) is 0 Å². The van der Waals surface area contributed by atoms with E-state index in [1.54, 1.807) is 0 Å². The lowest BCUT2D eigenvalue weighted by molar-refractivity contribution is 0.280. The van der Waals surface area contributed by atoms with Gasteiger partial charge in [0.05, 0.1) is 13.2 Å². The van der Waals surface area contributed by atoms with Crippen molar-refractivity contribution in [2.45, 2.75) is 46.3 Å². The Morgan fingerprint density at radius 3 is 2.43 bits per heavy atom. The van der Waals surface area contributed by atoms with Crippen molar-refractivity contribution >= 4 is 29.9 Å². The largest absolute Gasteiger partial charge is 0.392 e. The molecule has 1 rings (SSSR count). The van der Waals surface area contributed by atoms with Crippen LogP contribution in [-0.4, -0.2) is 24.2 Å². The second kappa shape index (κ2) is 12.9. The fourth-order valence-electron chi connectivity index (χ4n) is 1.95. The summed E-state index contributed by atoms with van der Waals surface area (Å²) in [6.07, 6.45) is 3.62. The molecule has 0 aliphatic carbocycles. The third-order valence-corrected chi connectivity index (χ3v) is 3.11. The highest BCUT2D eigenvalue weighted by Gasteiger charge is 2.01. The third-order valence-electron chi connectivity index (χ3n) is 3.11. The van der Waals surface area contributed by atoms with Crippen molar-refractivity contribution in [2.75, 3.05) is 13.1 Å². The Bertz CT molecular complexity index is 410. The molecule has 0 fully saturated rings. The number of benzene rings is 1. The fourth-order valence-corrected chi connectivity index (χ4v) is 1.95. The first-order chi connectivity index (χ1) is 9.81. The van der Waals surface area contributed by atoms with Crippen LogP contribution in [0.1, 0.15) is 44.2 Å². The van der Waals surface area contributed by atoms with Crippen molar-refractivity contribution in [3.8, 4) is 0 Å². The lowest BCUT2D eigenvalue weighted by Crippen LogP contribution is -2.37. The van der Waals surface area contributed by atoms with Crippen molar-refractivity contribution in [1.29, 1.82) is 0 Å². The van der Waals surface area contributed by atoms with Crippen LogP contribution in [0.2, 0.25) is 0 Å². The minimum atomic E-state index is 0. The molecule has 1 aromatic carbocycles. The first-order valence-electron chi connectivity index (χ1n) is 7.51. The van der Waals surface area contributed by atoms with Crippen LogP contribution in [0.4, 0.5) is 0 Å². The van der Waals surface area contributed by atoms with Gasteiger partial charge in [-0.1, -0.05) is 44.0 Å². The monoisotopic (exact) mass is 405 g/mol. The van der Waals surface area contributed by atoms with Gasteiger partial charge in [0.1, 0.15) is 0 Å². The van der Waals surface area contributed by atoms with Gasteiger partial charge in [0.15, 0.2) is 5.96 Å². The van der Waals surface area contributed by atoms with E-state index in [9.17, 15) is 5.11 Å². The molecule has 5 heteroatoms. The van der Waals surface area contributed by atoms with Crippen molar-refractivity contribution in [3.05, 3.63) is 35.4 Å². The van der Waals surface area contributed by atoms with E-state index in [0.717, 1.165) is 36.6 Å². The van der Waals surface area contributed by atoms with E-state index in [1.165, 1.54) is 12.8 Å². The minimum Gasteiger partial charge on any atom is -0.392 e. The maximum atomic E-state index is 9.31. The van der Waals surface area contributed by atoms with Crippen LogP contribution < -0.4 is 10.6 Å². The summed E-state index contributed by atoms with van der Waals surface area (Å²) in [7, 11) is 0. The van der Waals surface area contributed by atoms with E-state index < -0.39 is 0 Å². The Labute approximate surface area is 145 Å². The fraction of sp³-hybridized carbons (Fsp3) is 0.562. The summed E-state index contributed by atoms with van der Waals surface area (Å²) < 4.78 is 0. The Balaban J connectivity index is 0.00000400. The lowest BCUT2D eigenvalue weighted by Gasteiger charge is -2.11. The molecule has 0 aromatic heterocycles. The maximum Gasteiger partial charge on any atom is 0.191 e. The van der Waals surface area contributed by atoms with Crippen molar-refractivity contribution < 1.29 is 5.11 Å². The minimum absolute atomic E-state index is 0. The predicted octanol–water partition coefficient (Wildman–Crippen LogP) is 3.04. The van der Waals surface area contributed by atoms with E-state index in [2.05, 4.69) is 29.5 Å². The van der Waals surface area contributed by atoms with Crippen molar-refractivity contribution in [3.63, 3.8) is 0 Å². The molecular weight excluding hydrogens is 377 g/mol. The molecule has 3 N–H and O–H groups in total. The molecule has 1 aromatic rings. The molecule has 0 heterocycles. The standard InChI is InChI=1S/C16H27N3O.HI/c1-3-5-8-11-18-16(17-4-2)19-12-14-9-6-7-10-15(14)13-20;/h6-7,9-10,20H,3-5,8,11-13H2,1-2H3,(H2,17,18,19);1H. The van der Waals surface area contributed by atoms with Gasteiger partial charge in [0.25, 0.3) is 0 Å². The van der Waals surface area contributed by atoms with E-state index in [1.807, 2.05) is 24.3 Å². The Hall–Kier alpha value is -0.820. The summed E-state index contributed by atoms with van der Waals surface area (Å²) in [5.74, 6) is 0.844. The van der Waals surface area contributed by atoms with Crippen LogP contribution in [-0.2, 0) is 13.2 Å². The lowest BCUT2D eigenvalue weighted by atomic mass is 10.1. The molecular formula is C16H28IN3O. The van der Waals surface area contributed by atoms with E-state index in [4.69, 9.17) is 0 Å². The number of rotatable bonds is 8. The zero-order chi connectivity index (χ0) is 14.6. The van der Waals surface area contributed by atoms with Crippen LogP contribution in [0.25, 0.3) is 0 Å². The van der Waals surface area contributed by atoms with E-state index >= 15 is 0 Å². The molecule has 21 heavy (non-hydrogen) atoms. The van der Waals surface area contributed by atoms with Gasteiger partial charge in [-0.2, -0.15) is 0 Å². The highest BCUT2D eigenvalue weighted by atomic mass is 127. The smallest absolute Gasteiger partial charge is 0.191 e. The van der Waals surface area contributed by atoms with Gasteiger partial charge in [-0.25, -0.2) is 4.99 Å². The number of guanidine groups is 1. The molecule has 0 bridgehead atoms. The SMILES string of the molecule is CCCCCNC(=NCc1ccccc1CO)NCC.I. The van der Waals surface area contributed by atoms with Crippen LogP contribution in [0.5, 0.6) is 0 Å². The first kappa shape index (κ1) is 20.2. The van der Waals surface area contributed by atoms with Crippen molar-refractivity contribution in [1.82, 2.24) is 10.6 Å². The topological polar surface area (TPSA) is 56.7 Å². The normalized spacial score (nSPS) is 10.9. The van der Waals surface area contributed by atoms with Gasteiger partial charge in [-0.15, -0.1) is 24.0 Å². The van der Waals surface area contributed by atoms with E-state index in [0.29, 0.717) is 6.54 Å². The summed E-state index contributed by atoms with van der Waals surface area (Å²) >= 11 is 0. The van der Waals surface area contributed by atoms with Gasteiger partial charge in [-0.3, -0.25) is 0 Å². The quantitative estimate of drug-likeness (QED) is 0.270. The molecule has 0 atom stereocenters. The average molecular weight is 405 g/mol. The highest BCUT2D eigenvalue weighted by Crippen LogP contribution is 2.09. The Kier molecular flexibility index (Phi) is 12.4. The Morgan fingerprint density at radius 2 is 1.81 bits per heavy atom. The molecule has 4 nitrogen and oxygen atoms in total. The van der Waals surface area contributed by atoms with Gasteiger partial charge >= 0.3 is 0 Å². The summed E-state index contributed by atoms with van der Waals surface area (Å²) in [6.45, 7) is 6.70. The van der Waals surface area contributed by atoms with E-state index in [-0.39, 0.29) is 30.6 Å². The van der Waals surface area contributed by atoms with Gasteiger partial charge < -0.3 is 15.7 Å². The number of hydrogen-bond donors (Lipinski definition) is 3. The van der Waals surface area contributed by atoms with Gasteiger partial charge in [0, 0.05) is 13.1 Å². The first-order valence-corrected chi connectivity index (χ1v) is 7.51. The van der Waals surface area contributed by atoms with Crippen LogP contribution in [0.3, 0.4) is 0 Å². The predicted molar refractivity (Wildman–Crippen MR) is 100 cm³/mol. The number of nitrogens with one attached hydrogen (secondary N) is 2. The molecule has 0 unspecified atom stereocenters. The molecule has 0 aliphatic heterocycles. The summed E-state index contributed by atoms with van der Waals surface area (Å²) in [5.41, 5.74) is 2.01. The number of unbranched alkanes of at least 4 members (excludes halogenated alkanes) is 2. The molecule has 0 radical (unpaired) electrons. The van der Waals surface area contributed by atoms with Crippen molar-refractivity contribution in [2.24, 2.45) is 4.99 Å². The van der Waals surface area contributed by atoms with Gasteiger partial charge in [-0.05, 0) is 24.5 Å². The summed E-state index contributed by atoms with van der Waals surface area (Å²) in [5, 5.41) is 15.9. The zero-order valence-corrected chi connectivity index (χ0v) is 15.4. The number of aliphatic hydroxyl groups is 1. The highest BCUT2D eigenvalue weighted by molar-refractivity contribution is 14.0. The molecule has 120 valence electrons. The second-order valence-corrected chi connectivity index (χ2v) is 4.76. The second-order valence-electron chi connectivity index (χ2n) is 4.76. The average Bonchev–Trinajstić information content (AvgIpc) is 2.49. The molecule has 0 saturated heterocycles. The number of nitrogens with zero attached hydrogens (tertiary/aromatic N) is 1. The number of aliphatic hydroxyl groups excluding tert-OH is 1. The zero-order valence-electron chi connectivity index (χ0n) is 13.1. The summed E-state index contributed by atoms with van der Waals surface area (Å²) in [4.78, 5) is 4.57. The van der Waals surface area contributed by atoms with Crippen LogP contribution in [0, 0.1) is 0 Å². The number of aliphatic imine (C=N–C) groups is 1. The maximum absolute atomic E-state index is 9.31.